The minimum absolute atomic E-state index is 0.00494. The molecule has 6 nitrogen and oxygen atoms in total. The molecule has 2 unspecified atom stereocenters. The number of nitrogens with zero attached hydrogens (tertiary/aromatic N) is 1. The molecule has 1 aromatic carbocycles. The first-order valence-electron chi connectivity index (χ1n) is 7.07. The summed E-state index contributed by atoms with van der Waals surface area (Å²) in [4.78, 5) is 10.2. The number of hydrogen-bond acceptors (Lipinski definition) is 5. The molecular weight excluding hydrogens is 498 g/mol. The molecule has 0 bridgehead atoms. The maximum absolute atomic E-state index is 12.5. The van der Waals surface area contributed by atoms with Crippen LogP contribution in [0.1, 0.15) is 19.4 Å². The van der Waals surface area contributed by atoms with Gasteiger partial charge in [0, 0.05) is 0 Å². The van der Waals surface area contributed by atoms with E-state index in [4.69, 9.17) is 0 Å². The summed E-state index contributed by atoms with van der Waals surface area (Å²) in [5.74, 6) is -0.211. The van der Waals surface area contributed by atoms with E-state index in [0.29, 0.717) is 11.1 Å². The molecule has 0 amide bonds. The minimum Gasteiger partial charge on any atom is -0.293 e. The summed E-state index contributed by atoms with van der Waals surface area (Å²) in [5, 5.41) is 0. The van der Waals surface area contributed by atoms with Crippen LogP contribution < -0.4 is 0 Å². The molecule has 0 saturated carbocycles. The van der Waals surface area contributed by atoms with Crippen LogP contribution in [0.5, 0.6) is 0 Å². The van der Waals surface area contributed by atoms with Gasteiger partial charge in [-0.2, -0.15) is 12.8 Å². The zero-order valence-electron chi connectivity index (χ0n) is 13.5. The van der Waals surface area contributed by atoms with E-state index in [1.54, 1.807) is 13.8 Å². The number of carbonyl (C=O) groups is 1. The van der Waals surface area contributed by atoms with E-state index in [-0.39, 0.29) is 16.4 Å². The highest BCUT2D eigenvalue weighted by Crippen LogP contribution is 2.31. The number of aryl methyl sites for hydroxylation is 1. The second-order valence-corrected chi connectivity index (χ2v) is 12.6. The summed E-state index contributed by atoms with van der Waals surface area (Å²) in [6, 6.07) is 5.46. The quantitative estimate of drug-likeness (QED) is 0.458. The number of hydrogen-bond donors (Lipinski definition) is 0. The maximum Gasteiger partial charge on any atom is 0.364 e. The molecule has 25 heavy (non-hydrogen) atoms. The van der Waals surface area contributed by atoms with Crippen molar-refractivity contribution < 1.29 is 21.6 Å². The molecule has 0 saturated heterocycles. The molecule has 0 aliphatic heterocycles. The highest BCUT2D eigenvalue weighted by Gasteiger charge is 2.39. The van der Waals surface area contributed by atoms with Gasteiger partial charge in [0.25, 0.3) is 0 Å². The van der Waals surface area contributed by atoms with E-state index in [2.05, 4.69) is 36.3 Å². The van der Waals surface area contributed by atoms with E-state index in [1.807, 2.05) is 0 Å². The highest BCUT2D eigenvalue weighted by atomic mass is 79.9. The van der Waals surface area contributed by atoms with Crippen molar-refractivity contribution in [3.63, 3.8) is 0 Å². The summed E-state index contributed by atoms with van der Waals surface area (Å²) in [5.41, 5.74) is 1.46. The Morgan fingerprint density at radius 3 is 1.92 bits per heavy atom. The smallest absolute Gasteiger partial charge is 0.293 e. The van der Waals surface area contributed by atoms with Crippen LogP contribution in [0.3, 0.4) is 0 Å². The lowest BCUT2D eigenvalue weighted by Gasteiger charge is -2.25. The summed E-state index contributed by atoms with van der Waals surface area (Å²) in [6.07, 6.45) is 0. The molecule has 1 aliphatic carbocycles. The van der Waals surface area contributed by atoms with Gasteiger partial charge in [-0.3, -0.25) is 4.79 Å². The Morgan fingerprint density at radius 1 is 0.880 bits per heavy atom. The van der Waals surface area contributed by atoms with Crippen molar-refractivity contribution in [3.05, 3.63) is 41.0 Å². The molecule has 1 aromatic rings. The first-order valence-corrected chi connectivity index (χ1v) is 12.3. The average Bonchev–Trinajstić information content (AvgIpc) is 2.55. The summed E-state index contributed by atoms with van der Waals surface area (Å²) in [6.45, 7) is 4.83. The fourth-order valence-electron chi connectivity index (χ4n) is 2.18. The monoisotopic (exact) mass is 511 g/mol. The van der Waals surface area contributed by atoms with Gasteiger partial charge < -0.3 is 0 Å². The van der Waals surface area contributed by atoms with Crippen molar-refractivity contribution in [1.29, 1.82) is 0 Å². The van der Waals surface area contributed by atoms with Crippen molar-refractivity contribution in [2.75, 3.05) is 0 Å². The summed E-state index contributed by atoms with van der Waals surface area (Å²) in [7, 11) is -9.60. The number of halogens is 2. The number of rotatable bonds is 3. The zero-order valence-corrected chi connectivity index (χ0v) is 18.3. The largest absolute Gasteiger partial charge is 0.364 e. The number of Topliss-reactive ketones (excluding diaryl/α,β-unsaturated/α-hetero) is 1. The number of ketones is 1. The number of carbonyl (C=O) groups excluding carboxylic acids is 1. The Balaban J connectivity index is 2.62. The van der Waals surface area contributed by atoms with Crippen molar-refractivity contribution in [1.82, 2.24) is 0 Å². The fourth-order valence-corrected chi connectivity index (χ4v) is 6.49. The lowest BCUT2D eigenvalue weighted by atomic mass is 9.91. The van der Waals surface area contributed by atoms with Crippen LogP contribution in [-0.4, -0.2) is 38.0 Å². The average molecular weight is 513 g/mol. The predicted molar refractivity (Wildman–Crippen MR) is 104 cm³/mol. The molecule has 0 heterocycles. The first kappa shape index (κ1) is 20.5. The van der Waals surface area contributed by atoms with E-state index in [0.717, 1.165) is 5.56 Å². The van der Waals surface area contributed by atoms with Crippen LogP contribution in [0.2, 0.25) is 0 Å². The van der Waals surface area contributed by atoms with Gasteiger partial charge in [-0.1, -0.05) is 49.6 Å². The summed E-state index contributed by atoms with van der Waals surface area (Å²) < 4.78 is 53.4. The Bertz CT molecular complexity index is 993. The first-order chi connectivity index (χ1) is 11.4. The molecule has 2 rings (SSSR count). The Morgan fingerprint density at radius 2 is 1.40 bits per heavy atom. The van der Waals surface area contributed by atoms with Crippen LogP contribution in [-0.2, 0) is 22.7 Å². The number of alkyl halides is 2. The van der Waals surface area contributed by atoms with Crippen LogP contribution in [0.4, 0.5) is 0 Å². The SMILES string of the molecule is CC1=C(C)C(=NS(=O)(=O)S(=O)(=O)c2ccc(C)cc2)C(Br)C(Br)C1=O. The second-order valence-electron chi connectivity index (χ2n) is 5.59. The topological polar surface area (TPSA) is 97.7 Å². The van der Waals surface area contributed by atoms with Crippen LogP contribution in [0.15, 0.2) is 44.7 Å². The van der Waals surface area contributed by atoms with E-state index in [1.165, 1.54) is 31.2 Å². The van der Waals surface area contributed by atoms with Gasteiger partial charge in [0.2, 0.25) is 0 Å². The van der Waals surface area contributed by atoms with Gasteiger partial charge in [0.05, 0.1) is 20.3 Å². The third-order valence-electron chi connectivity index (χ3n) is 3.88. The molecule has 1 aliphatic rings. The number of benzene rings is 1. The standard InChI is InChI=1S/C15H15Br2NO5S2/c1-8-4-6-11(7-5-8)24(20,21)25(22,23)18-14-9(2)10(3)15(19)13(17)12(14)16/h4-7,12-13H,1-3H3. The summed E-state index contributed by atoms with van der Waals surface area (Å²) >= 11 is 6.40. The molecule has 0 N–H and O–H groups in total. The van der Waals surface area contributed by atoms with Gasteiger partial charge in [0.15, 0.2) is 5.78 Å². The lowest BCUT2D eigenvalue weighted by molar-refractivity contribution is -0.114. The van der Waals surface area contributed by atoms with Gasteiger partial charge >= 0.3 is 17.9 Å². The Labute approximate surface area is 163 Å². The van der Waals surface area contributed by atoms with Crippen LogP contribution in [0.25, 0.3) is 0 Å². The lowest BCUT2D eigenvalue weighted by Crippen LogP contribution is -2.38. The molecule has 0 aromatic heterocycles. The van der Waals surface area contributed by atoms with E-state index in [9.17, 15) is 21.6 Å². The van der Waals surface area contributed by atoms with Crippen molar-refractivity contribution in [2.45, 2.75) is 35.3 Å². The third-order valence-corrected chi connectivity index (χ3v) is 10.8. The minimum atomic E-state index is -4.89. The van der Waals surface area contributed by atoms with E-state index < -0.39 is 27.6 Å². The van der Waals surface area contributed by atoms with Gasteiger partial charge in [-0.15, -0.1) is 0 Å². The second kappa shape index (κ2) is 7.05. The molecule has 136 valence electrons. The molecule has 0 radical (unpaired) electrons. The van der Waals surface area contributed by atoms with Crippen molar-refractivity contribution >= 4 is 61.3 Å². The molecule has 2 atom stereocenters. The molecule has 0 fully saturated rings. The van der Waals surface area contributed by atoms with Crippen molar-refractivity contribution in [3.8, 4) is 0 Å². The fraction of sp³-hybridized carbons (Fsp3) is 0.333. The number of allylic oxidation sites excluding steroid dienone is 2. The third kappa shape index (κ3) is 3.67. The van der Waals surface area contributed by atoms with Gasteiger partial charge in [0.1, 0.15) is 0 Å². The Kier molecular flexibility index (Phi) is 5.77. The van der Waals surface area contributed by atoms with E-state index >= 15 is 0 Å². The predicted octanol–water partition coefficient (Wildman–Crippen LogP) is 2.90. The van der Waals surface area contributed by atoms with Crippen LogP contribution >= 0.6 is 31.9 Å². The van der Waals surface area contributed by atoms with Crippen LogP contribution in [0, 0.1) is 6.92 Å². The Hall–Kier alpha value is -0.840. The molecule has 0 spiro atoms. The highest BCUT2D eigenvalue weighted by molar-refractivity contribution is 9.12. The van der Waals surface area contributed by atoms with Gasteiger partial charge in [-0.25, -0.2) is 8.42 Å². The van der Waals surface area contributed by atoms with Crippen molar-refractivity contribution in [2.24, 2.45) is 4.40 Å². The zero-order chi connectivity index (χ0) is 19.2. The maximum atomic E-state index is 12.5. The molecular formula is C15H15Br2NO5S2. The van der Waals surface area contributed by atoms with Gasteiger partial charge in [-0.05, 0) is 44.1 Å². The normalized spacial score (nSPS) is 24.0. The molecule has 10 heteroatoms.